The minimum atomic E-state index is -4.28. The Morgan fingerprint density at radius 2 is 2.12 bits per heavy atom. The lowest BCUT2D eigenvalue weighted by atomic mass is 10.5. The fourth-order valence-corrected chi connectivity index (χ4v) is 1.87. The van der Waals surface area contributed by atoms with Crippen LogP contribution in [-0.2, 0) is 20.4 Å². The maximum atomic E-state index is 11.3. The third-order valence-electron chi connectivity index (χ3n) is 1.83. The van der Waals surface area contributed by atoms with Gasteiger partial charge in [0.2, 0.25) is 5.91 Å². The lowest BCUT2D eigenvalue weighted by Gasteiger charge is -2.04. The summed E-state index contributed by atoms with van der Waals surface area (Å²) in [6, 6.07) is 0. The SMILES string of the molecule is CNC(=O)Cn1cc(S(=O)(=O)Cl)c(=O)[nH]c1=O. The number of amides is 1. The van der Waals surface area contributed by atoms with E-state index < -0.39 is 37.6 Å². The van der Waals surface area contributed by atoms with Crippen molar-refractivity contribution in [1.82, 2.24) is 14.9 Å². The number of carbonyl (C=O) groups excluding carboxylic acids is 1. The number of H-pyrrole nitrogens is 1. The third-order valence-corrected chi connectivity index (χ3v) is 3.15. The maximum Gasteiger partial charge on any atom is 0.328 e. The van der Waals surface area contributed by atoms with E-state index in [1.165, 1.54) is 7.05 Å². The molecule has 0 radical (unpaired) electrons. The van der Waals surface area contributed by atoms with Crippen molar-refractivity contribution in [3.8, 4) is 0 Å². The summed E-state index contributed by atoms with van der Waals surface area (Å²) in [5.41, 5.74) is -2.03. The molecule has 0 fully saturated rings. The summed E-state index contributed by atoms with van der Waals surface area (Å²) < 4.78 is 22.7. The predicted molar refractivity (Wildman–Crippen MR) is 58.4 cm³/mol. The van der Waals surface area contributed by atoms with Gasteiger partial charge in [-0.05, 0) is 0 Å². The van der Waals surface area contributed by atoms with Gasteiger partial charge in [-0.25, -0.2) is 13.2 Å². The van der Waals surface area contributed by atoms with E-state index in [4.69, 9.17) is 10.7 Å². The van der Waals surface area contributed by atoms with Crippen LogP contribution < -0.4 is 16.6 Å². The van der Waals surface area contributed by atoms with E-state index >= 15 is 0 Å². The molecule has 0 aromatic carbocycles. The first-order valence-electron chi connectivity index (χ1n) is 4.24. The summed E-state index contributed by atoms with van der Waals surface area (Å²) in [4.78, 5) is 34.4. The van der Waals surface area contributed by atoms with Crippen LogP contribution in [0.2, 0.25) is 0 Å². The number of hydrogen-bond acceptors (Lipinski definition) is 5. The quantitative estimate of drug-likeness (QED) is 0.634. The molecule has 1 heterocycles. The summed E-state index contributed by atoms with van der Waals surface area (Å²) >= 11 is 0. The van der Waals surface area contributed by atoms with Gasteiger partial charge in [0.1, 0.15) is 6.54 Å². The highest BCUT2D eigenvalue weighted by Gasteiger charge is 2.17. The molecule has 1 aromatic rings. The van der Waals surface area contributed by atoms with Gasteiger partial charge in [0.05, 0.1) is 0 Å². The van der Waals surface area contributed by atoms with Gasteiger partial charge in [-0.3, -0.25) is 19.1 Å². The molecule has 1 aromatic heterocycles. The Hall–Kier alpha value is -1.61. The monoisotopic (exact) mass is 281 g/mol. The van der Waals surface area contributed by atoms with E-state index in [1.807, 2.05) is 0 Å². The van der Waals surface area contributed by atoms with Crippen molar-refractivity contribution >= 4 is 25.6 Å². The summed E-state index contributed by atoms with van der Waals surface area (Å²) in [6.07, 6.45) is 0.721. The topological polar surface area (TPSA) is 118 Å². The molecule has 0 aliphatic heterocycles. The van der Waals surface area contributed by atoms with Crippen LogP contribution in [0.25, 0.3) is 0 Å². The lowest BCUT2D eigenvalue weighted by Crippen LogP contribution is -2.36. The number of nitrogens with one attached hydrogen (secondary N) is 2. The molecular formula is C7H8ClN3O5S. The van der Waals surface area contributed by atoms with E-state index in [2.05, 4.69) is 5.32 Å². The van der Waals surface area contributed by atoms with Crippen molar-refractivity contribution in [2.24, 2.45) is 0 Å². The molecule has 17 heavy (non-hydrogen) atoms. The summed E-state index contributed by atoms with van der Waals surface area (Å²) in [5, 5.41) is 2.24. The molecule has 0 saturated heterocycles. The van der Waals surface area contributed by atoms with E-state index in [1.54, 1.807) is 4.98 Å². The number of likely N-dealkylation sites (N-methyl/N-ethyl adjacent to an activating group) is 1. The van der Waals surface area contributed by atoms with Gasteiger partial charge in [0.15, 0.2) is 4.90 Å². The van der Waals surface area contributed by atoms with Crippen molar-refractivity contribution in [2.45, 2.75) is 11.4 Å². The largest absolute Gasteiger partial charge is 0.358 e. The maximum absolute atomic E-state index is 11.3. The normalized spacial score (nSPS) is 11.2. The molecule has 10 heteroatoms. The molecule has 0 saturated carbocycles. The first-order valence-corrected chi connectivity index (χ1v) is 6.55. The Morgan fingerprint density at radius 3 is 2.59 bits per heavy atom. The van der Waals surface area contributed by atoms with Gasteiger partial charge in [-0.15, -0.1) is 0 Å². The Balaban J connectivity index is 3.40. The second-order valence-corrected chi connectivity index (χ2v) is 5.53. The van der Waals surface area contributed by atoms with Crippen LogP contribution in [0.5, 0.6) is 0 Å². The van der Waals surface area contributed by atoms with E-state index in [0.717, 1.165) is 10.8 Å². The highest BCUT2D eigenvalue weighted by atomic mass is 35.7. The number of aromatic amines is 1. The summed E-state index contributed by atoms with van der Waals surface area (Å²) in [5.74, 6) is -0.530. The minimum Gasteiger partial charge on any atom is -0.358 e. The Labute approximate surface area is 99.6 Å². The van der Waals surface area contributed by atoms with Crippen molar-refractivity contribution in [3.63, 3.8) is 0 Å². The molecule has 1 amide bonds. The second-order valence-electron chi connectivity index (χ2n) is 2.99. The van der Waals surface area contributed by atoms with Gasteiger partial charge in [0.25, 0.3) is 14.6 Å². The fourth-order valence-electron chi connectivity index (χ4n) is 1.01. The Morgan fingerprint density at radius 1 is 1.53 bits per heavy atom. The Kier molecular flexibility index (Phi) is 3.73. The number of hydrogen-bond donors (Lipinski definition) is 2. The lowest BCUT2D eigenvalue weighted by molar-refractivity contribution is -0.121. The molecule has 0 aliphatic carbocycles. The van der Waals surface area contributed by atoms with Gasteiger partial charge in [0, 0.05) is 23.9 Å². The Bertz CT molecular complexity index is 659. The van der Waals surface area contributed by atoms with Crippen LogP contribution in [0, 0.1) is 0 Å². The zero-order valence-corrected chi connectivity index (χ0v) is 10.1. The molecule has 1 rings (SSSR count). The van der Waals surface area contributed by atoms with E-state index in [0.29, 0.717) is 0 Å². The average molecular weight is 282 g/mol. The smallest absolute Gasteiger partial charge is 0.328 e. The second kappa shape index (κ2) is 4.72. The fraction of sp³-hybridized carbons (Fsp3) is 0.286. The predicted octanol–water partition coefficient (Wildman–Crippen LogP) is -1.79. The molecule has 94 valence electrons. The van der Waals surface area contributed by atoms with Crippen LogP contribution in [0.15, 0.2) is 20.7 Å². The summed E-state index contributed by atoms with van der Waals surface area (Å²) in [6.45, 7) is -0.425. The minimum absolute atomic E-state index is 0.425. The molecule has 0 spiro atoms. The molecule has 2 N–H and O–H groups in total. The number of rotatable bonds is 3. The number of halogens is 1. The van der Waals surface area contributed by atoms with E-state index in [-0.39, 0.29) is 0 Å². The molecular weight excluding hydrogens is 274 g/mol. The van der Waals surface area contributed by atoms with Gasteiger partial charge in [-0.2, -0.15) is 0 Å². The van der Waals surface area contributed by atoms with Crippen molar-refractivity contribution in [1.29, 1.82) is 0 Å². The first kappa shape index (κ1) is 13.5. The van der Waals surface area contributed by atoms with Crippen LogP contribution in [0.4, 0.5) is 0 Å². The van der Waals surface area contributed by atoms with Gasteiger partial charge >= 0.3 is 5.69 Å². The average Bonchev–Trinajstić information content (AvgIpc) is 2.19. The van der Waals surface area contributed by atoms with E-state index in [9.17, 15) is 22.8 Å². The first-order chi connectivity index (χ1) is 7.75. The third kappa shape index (κ3) is 3.17. The van der Waals surface area contributed by atoms with Crippen LogP contribution in [0.3, 0.4) is 0 Å². The number of aromatic nitrogens is 2. The molecule has 0 aliphatic rings. The van der Waals surface area contributed by atoms with Crippen LogP contribution >= 0.6 is 10.7 Å². The van der Waals surface area contributed by atoms with Crippen molar-refractivity contribution in [2.75, 3.05) is 7.05 Å². The van der Waals surface area contributed by atoms with Crippen LogP contribution in [-0.4, -0.2) is 30.9 Å². The highest BCUT2D eigenvalue weighted by Crippen LogP contribution is 2.07. The molecule has 0 atom stereocenters. The number of carbonyl (C=O) groups is 1. The summed E-state index contributed by atoms with van der Waals surface area (Å²) in [7, 11) is 2.06. The molecule has 0 unspecified atom stereocenters. The number of nitrogens with zero attached hydrogens (tertiary/aromatic N) is 1. The molecule has 0 bridgehead atoms. The van der Waals surface area contributed by atoms with Gasteiger partial charge < -0.3 is 5.32 Å². The zero-order valence-electron chi connectivity index (χ0n) is 8.56. The standard InChI is InChI=1S/C7H8ClN3O5S/c1-9-5(12)3-11-2-4(17(8,15)16)6(13)10-7(11)14/h2H,3H2,1H3,(H,9,12)(H,10,13,14). The van der Waals surface area contributed by atoms with Crippen molar-refractivity contribution in [3.05, 3.63) is 27.0 Å². The zero-order chi connectivity index (χ0) is 13.2. The molecule has 8 nitrogen and oxygen atoms in total. The van der Waals surface area contributed by atoms with Crippen LogP contribution in [0.1, 0.15) is 0 Å². The van der Waals surface area contributed by atoms with Crippen molar-refractivity contribution < 1.29 is 13.2 Å². The highest BCUT2D eigenvalue weighted by molar-refractivity contribution is 8.13. The van der Waals surface area contributed by atoms with Gasteiger partial charge in [-0.1, -0.05) is 0 Å².